The molecular weight excluding hydrogens is 325 g/mol. The van der Waals surface area contributed by atoms with E-state index in [4.69, 9.17) is 0 Å². The van der Waals surface area contributed by atoms with E-state index in [-0.39, 0.29) is 17.1 Å². The highest BCUT2D eigenvalue weighted by Crippen LogP contribution is 2.42. The maximum absolute atomic E-state index is 14.4. The van der Waals surface area contributed by atoms with Crippen LogP contribution in [0.15, 0.2) is 47.4 Å². The van der Waals surface area contributed by atoms with Gasteiger partial charge < -0.3 is 14.8 Å². The normalized spacial score (nSPS) is 14.0. The Kier molecular flexibility index (Phi) is 3.35. The molecule has 1 aromatic heterocycles. The number of phenolic OH excluding ortho intramolecular Hbond substituents is 1. The van der Waals surface area contributed by atoms with Crippen molar-refractivity contribution in [3.63, 3.8) is 0 Å². The average molecular weight is 339 g/mol. The van der Waals surface area contributed by atoms with Gasteiger partial charge in [-0.3, -0.25) is 4.79 Å². The minimum absolute atomic E-state index is 0.0230. The van der Waals surface area contributed by atoms with Crippen LogP contribution in [-0.4, -0.2) is 20.7 Å². The number of rotatable bonds is 3. The molecule has 0 unspecified atom stereocenters. The molecule has 1 heterocycles. The monoisotopic (exact) mass is 339 g/mol. The van der Waals surface area contributed by atoms with Crippen LogP contribution in [0.2, 0.25) is 0 Å². The summed E-state index contributed by atoms with van der Waals surface area (Å²) in [5, 5.41) is 18.8. The van der Waals surface area contributed by atoms with Crippen LogP contribution in [0.3, 0.4) is 0 Å². The fourth-order valence-corrected chi connectivity index (χ4v) is 3.05. The molecule has 6 heteroatoms. The molecule has 0 bridgehead atoms. The SMILES string of the molecule is O=C(O)c1cn(-c2ccc(O)cc2)c2cc(C3CC3)c(F)cc2c1=O. The summed E-state index contributed by atoms with van der Waals surface area (Å²) in [6.45, 7) is 0. The van der Waals surface area contributed by atoms with Crippen LogP contribution in [0.1, 0.15) is 34.7 Å². The van der Waals surface area contributed by atoms with Crippen molar-refractivity contribution < 1.29 is 19.4 Å². The molecule has 0 atom stereocenters. The maximum atomic E-state index is 14.4. The van der Waals surface area contributed by atoms with Crippen molar-refractivity contribution in [2.45, 2.75) is 18.8 Å². The molecule has 2 N–H and O–H groups in total. The van der Waals surface area contributed by atoms with E-state index in [1.807, 2.05) is 0 Å². The minimum atomic E-state index is -1.37. The largest absolute Gasteiger partial charge is 0.508 e. The third-order valence-electron chi connectivity index (χ3n) is 4.50. The van der Waals surface area contributed by atoms with E-state index in [0.29, 0.717) is 16.8 Å². The summed E-state index contributed by atoms with van der Waals surface area (Å²) < 4.78 is 15.9. The first-order valence-electron chi connectivity index (χ1n) is 7.87. The number of carboxylic acids is 1. The fourth-order valence-electron chi connectivity index (χ4n) is 3.05. The minimum Gasteiger partial charge on any atom is -0.508 e. The van der Waals surface area contributed by atoms with Crippen molar-refractivity contribution in [2.24, 2.45) is 0 Å². The van der Waals surface area contributed by atoms with Crippen LogP contribution < -0.4 is 5.43 Å². The van der Waals surface area contributed by atoms with Crippen LogP contribution in [0.5, 0.6) is 5.75 Å². The van der Waals surface area contributed by atoms with Crippen molar-refractivity contribution in [3.8, 4) is 11.4 Å². The highest BCUT2D eigenvalue weighted by Gasteiger charge is 2.28. The van der Waals surface area contributed by atoms with E-state index in [9.17, 15) is 24.2 Å². The first-order chi connectivity index (χ1) is 12.0. The van der Waals surface area contributed by atoms with Gasteiger partial charge >= 0.3 is 5.97 Å². The molecule has 1 aliphatic rings. The summed E-state index contributed by atoms with van der Waals surface area (Å²) >= 11 is 0. The molecule has 1 aliphatic carbocycles. The summed E-state index contributed by atoms with van der Waals surface area (Å²) in [5.74, 6) is -1.64. The number of aromatic carboxylic acids is 1. The number of hydrogen-bond donors (Lipinski definition) is 2. The molecule has 0 saturated heterocycles. The van der Waals surface area contributed by atoms with Crippen LogP contribution in [0.4, 0.5) is 4.39 Å². The number of aromatic hydroxyl groups is 1. The number of nitrogens with zero attached hydrogens (tertiary/aromatic N) is 1. The summed E-state index contributed by atoms with van der Waals surface area (Å²) in [6, 6.07) is 8.89. The standard InChI is InChI=1S/C19H14FNO4/c20-16-7-14-17(8-13(16)10-1-2-10)21(9-15(18(14)23)19(24)25)11-3-5-12(22)6-4-11/h3-10,22H,1-2H2,(H,24,25). The smallest absolute Gasteiger partial charge is 0.341 e. The van der Waals surface area contributed by atoms with Gasteiger partial charge in [0.2, 0.25) is 5.43 Å². The number of benzene rings is 2. The zero-order chi connectivity index (χ0) is 17.7. The van der Waals surface area contributed by atoms with Crippen molar-refractivity contribution in [1.82, 2.24) is 4.57 Å². The lowest BCUT2D eigenvalue weighted by Crippen LogP contribution is -2.18. The Morgan fingerprint density at radius 3 is 2.44 bits per heavy atom. The van der Waals surface area contributed by atoms with Crippen molar-refractivity contribution in [1.29, 1.82) is 0 Å². The number of aromatic nitrogens is 1. The summed E-state index contributed by atoms with van der Waals surface area (Å²) in [5.41, 5.74) is 0.420. The third-order valence-corrected chi connectivity index (χ3v) is 4.50. The zero-order valence-corrected chi connectivity index (χ0v) is 13.1. The number of carboxylic acid groups (broad SMARTS) is 1. The number of pyridine rings is 1. The number of fused-ring (bicyclic) bond motifs is 1. The lowest BCUT2D eigenvalue weighted by Gasteiger charge is -2.14. The zero-order valence-electron chi connectivity index (χ0n) is 13.1. The highest BCUT2D eigenvalue weighted by molar-refractivity contribution is 5.93. The van der Waals surface area contributed by atoms with Gasteiger partial charge in [-0.2, -0.15) is 0 Å². The molecule has 1 fully saturated rings. The van der Waals surface area contributed by atoms with Gasteiger partial charge in [-0.05, 0) is 60.7 Å². The van der Waals surface area contributed by atoms with Crippen molar-refractivity contribution >= 4 is 16.9 Å². The Labute approximate surface area is 141 Å². The molecule has 3 aromatic rings. The Hall–Kier alpha value is -3.15. The maximum Gasteiger partial charge on any atom is 0.341 e. The third kappa shape index (κ3) is 2.55. The van der Waals surface area contributed by atoms with E-state index in [1.165, 1.54) is 18.3 Å². The van der Waals surface area contributed by atoms with E-state index in [0.717, 1.165) is 18.9 Å². The number of hydrogen-bond acceptors (Lipinski definition) is 3. The summed E-state index contributed by atoms with van der Waals surface area (Å²) in [6.07, 6.45) is 3.05. The molecule has 4 rings (SSSR count). The van der Waals surface area contributed by atoms with Crippen molar-refractivity contribution in [3.05, 3.63) is 69.8 Å². The average Bonchev–Trinajstić information content (AvgIpc) is 3.41. The quantitative estimate of drug-likeness (QED) is 0.766. The second kappa shape index (κ2) is 5.44. The number of halogens is 1. The number of carbonyl (C=O) groups is 1. The molecule has 0 aliphatic heterocycles. The van der Waals surface area contributed by atoms with E-state index >= 15 is 0 Å². The van der Waals surface area contributed by atoms with Gasteiger partial charge in [0.05, 0.1) is 5.52 Å². The second-order valence-electron chi connectivity index (χ2n) is 6.23. The van der Waals surface area contributed by atoms with Gasteiger partial charge in [0.15, 0.2) is 0 Å². The Bertz CT molecular complexity index is 1070. The van der Waals surface area contributed by atoms with Crippen molar-refractivity contribution in [2.75, 3.05) is 0 Å². The molecular formula is C19H14FNO4. The van der Waals surface area contributed by atoms with Gasteiger partial charge in [0.25, 0.3) is 0 Å². The predicted octanol–water partition coefficient (Wildman–Crippen LogP) is 3.41. The van der Waals surface area contributed by atoms with Gasteiger partial charge in [-0.15, -0.1) is 0 Å². The van der Waals surface area contributed by atoms with Crippen LogP contribution in [0, 0.1) is 5.82 Å². The molecule has 0 amide bonds. The molecule has 5 nitrogen and oxygen atoms in total. The van der Waals surface area contributed by atoms with E-state index in [1.54, 1.807) is 22.8 Å². The second-order valence-corrected chi connectivity index (χ2v) is 6.23. The topological polar surface area (TPSA) is 79.5 Å². The van der Waals surface area contributed by atoms with Gasteiger partial charge in [-0.1, -0.05) is 0 Å². The molecule has 1 saturated carbocycles. The Balaban J connectivity index is 2.09. The van der Waals surface area contributed by atoms with Gasteiger partial charge in [0.1, 0.15) is 17.1 Å². The Morgan fingerprint density at radius 1 is 1.16 bits per heavy atom. The summed E-state index contributed by atoms with van der Waals surface area (Å²) in [4.78, 5) is 23.9. The van der Waals surface area contributed by atoms with Crippen LogP contribution in [-0.2, 0) is 0 Å². The first kappa shape index (κ1) is 15.4. The lowest BCUT2D eigenvalue weighted by atomic mass is 10.0. The van der Waals surface area contributed by atoms with Gasteiger partial charge in [-0.25, -0.2) is 9.18 Å². The molecule has 126 valence electrons. The lowest BCUT2D eigenvalue weighted by molar-refractivity contribution is 0.0695. The molecule has 0 radical (unpaired) electrons. The number of phenols is 1. The molecule has 25 heavy (non-hydrogen) atoms. The van der Waals surface area contributed by atoms with E-state index in [2.05, 4.69) is 0 Å². The highest BCUT2D eigenvalue weighted by atomic mass is 19.1. The molecule has 2 aromatic carbocycles. The van der Waals surface area contributed by atoms with Gasteiger partial charge in [0, 0.05) is 17.3 Å². The Morgan fingerprint density at radius 2 is 1.84 bits per heavy atom. The van der Waals surface area contributed by atoms with Crippen LogP contribution in [0.25, 0.3) is 16.6 Å². The predicted molar refractivity (Wildman–Crippen MR) is 90.1 cm³/mol. The fraction of sp³-hybridized carbons (Fsp3) is 0.158. The first-order valence-corrected chi connectivity index (χ1v) is 7.87. The summed E-state index contributed by atoms with van der Waals surface area (Å²) in [7, 11) is 0. The van der Waals surface area contributed by atoms with E-state index < -0.39 is 22.8 Å². The van der Waals surface area contributed by atoms with Crippen LogP contribution >= 0.6 is 0 Å². The molecule has 0 spiro atoms.